The lowest BCUT2D eigenvalue weighted by molar-refractivity contribution is -0.180. The molecular weight excluding hydrogens is 420 g/mol. The van der Waals surface area contributed by atoms with Crippen molar-refractivity contribution >= 4 is 17.0 Å². The van der Waals surface area contributed by atoms with Crippen molar-refractivity contribution in [1.29, 1.82) is 0 Å². The predicted molar refractivity (Wildman–Crippen MR) is 131 cm³/mol. The monoisotopic (exact) mass is 466 g/mol. The molecule has 32 heavy (non-hydrogen) atoms. The van der Waals surface area contributed by atoms with Crippen LogP contribution in [0.2, 0.25) is 0 Å². The van der Waals surface area contributed by atoms with Crippen LogP contribution in [0.3, 0.4) is 0 Å². The Bertz CT molecular complexity index is 680. The molecule has 0 saturated heterocycles. The summed E-state index contributed by atoms with van der Waals surface area (Å²) in [4.78, 5) is 11.7. The van der Waals surface area contributed by atoms with E-state index in [1.54, 1.807) is 0 Å². The van der Waals surface area contributed by atoms with Gasteiger partial charge in [0.15, 0.2) is 0 Å². The first kappa shape index (κ1) is 24.8. The van der Waals surface area contributed by atoms with Crippen molar-refractivity contribution in [3.8, 4) is 0 Å². The third-order valence-electron chi connectivity index (χ3n) is 11.1. The van der Waals surface area contributed by atoms with Crippen LogP contribution < -0.4 is 0 Å². The highest BCUT2D eigenvalue weighted by molar-refractivity contribution is 6.61. The molecule has 3 nitrogen and oxygen atoms in total. The first-order chi connectivity index (χ1) is 15.1. The van der Waals surface area contributed by atoms with Gasteiger partial charge in [0.1, 0.15) is 6.10 Å². The molecule has 10 atom stereocenters. The second-order valence-electron chi connectivity index (χ2n) is 13.0. The smallest absolute Gasteiger partial charge is 0.404 e. The molecule has 4 rings (SSSR count). The molecule has 0 aromatic heterocycles. The zero-order valence-electron chi connectivity index (χ0n) is 21.1. The maximum absolute atomic E-state index is 11.7. The molecule has 0 spiro atoms. The third-order valence-corrected chi connectivity index (χ3v) is 11.2. The number of carbonyl (C=O) groups excluding carboxylic acids is 1. The van der Waals surface area contributed by atoms with E-state index in [0.29, 0.717) is 23.7 Å². The van der Waals surface area contributed by atoms with Gasteiger partial charge in [-0.3, -0.25) is 0 Å². The van der Waals surface area contributed by atoms with Gasteiger partial charge in [-0.2, -0.15) is 0 Å². The van der Waals surface area contributed by atoms with Gasteiger partial charge < -0.3 is 9.84 Å². The Morgan fingerprint density at radius 1 is 1.03 bits per heavy atom. The van der Waals surface area contributed by atoms with Crippen molar-refractivity contribution in [2.45, 2.75) is 117 Å². The summed E-state index contributed by atoms with van der Waals surface area (Å²) in [5.74, 6) is 5.04. The van der Waals surface area contributed by atoms with Crippen molar-refractivity contribution in [2.24, 2.45) is 52.3 Å². The Balaban J connectivity index is 1.52. The zero-order valence-corrected chi connectivity index (χ0v) is 21.9. The van der Waals surface area contributed by atoms with E-state index in [4.69, 9.17) is 16.3 Å². The zero-order chi connectivity index (χ0) is 23.3. The summed E-state index contributed by atoms with van der Waals surface area (Å²) in [7, 11) is 0. The molecule has 0 amide bonds. The average Bonchev–Trinajstić information content (AvgIpc) is 3.05. The molecule has 1 N–H and O–H groups in total. The lowest BCUT2D eigenvalue weighted by Crippen LogP contribution is -2.60. The van der Waals surface area contributed by atoms with Crippen LogP contribution >= 0.6 is 11.6 Å². The first-order valence-electron chi connectivity index (χ1n) is 13.6. The van der Waals surface area contributed by atoms with Crippen LogP contribution in [0, 0.1) is 52.3 Å². The van der Waals surface area contributed by atoms with Crippen LogP contribution in [-0.4, -0.2) is 22.7 Å². The molecule has 0 heterocycles. The quantitative estimate of drug-likeness (QED) is 0.405. The van der Waals surface area contributed by atoms with Gasteiger partial charge in [-0.25, -0.2) is 4.79 Å². The summed E-state index contributed by atoms with van der Waals surface area (Å²) >= 11 is 5.71. The number of aliphatic hydroxyl groups is 1. The van der Waals surface area contributed by atoms with Crippen LogP contribution in [0.4, 0.5) is 4.79 Å². The minimum absolute atomic E-state index is 0.0466. The number of carbonyl (C=O) groups is 1. The molecule has 4 fully saturated rings. The highest BCUT2D eigenvalue weighted by atomic mass is 35.5. The summed E-state index contributed by atoms with van der Waals surface area (Å²) in [5, 5.41) is 10.5. The van der Waals surface area contributed by atoms with E-state index in [2.05, 4.69) is 34.6 Å². The first-order valence-corrected chi connectivity index (χ1v) is 14.0. The van der Waals surface area contributed by atoms with Crippen molar-refractivity contribution in [1.82, 2.24) is 0 Å². The predicted octanol–water partition coefficient (Wildman–Crippen LogP) is 7.82. The third kappa shape index (κ3) is 4.28. The largest absolute Gasteiger partial charge is 0.450 e. The fourth-order valence-electron chi connectivity index (χ4n) is 9.58. The second kappa shape index (κ2) is 9.40. The van der Waals surface area contributed by atoms with Crippen LogP contribution in [0.25, 0.3) is 0 Å². The van der Waals surface area contributed by atoms with Crippen molar-refractivity contribution in [2.75, 3.05) is 0 Å². The van der Waals surface area contributed by atoms with Crippen LogP contribution in [0.5, 0.6) is 0 Å². The SMILES string of the molecule is CC(C)CCC[C@@H](C)[C@H]1CC[C@H]2[C@H]3CC[C@@H]4C[C@H](O)CC(OC(=O)Cl)[C@]4(C)[C@H]3CC[C@]12C. The second-order valence-corrected chi connectivity index (χ2v) is 13.3. The molecule has 4 aliphatic carbocycles. The van der Waals surface area contributed by atoms with E-state index >= 15 is 0 Å². The van der Waals surface area contributed by atoms with Crippen molar-refractivity contribution in [3.05, 3.63) is 0 Å². The number of fused-ring (bicyclic) bond motifs is 5. The Morgan fingerprint density at radius 3 is 2.47 bits per heavy atom. The fraction of sp³-hybridized carbons (Fsp3) is 0.964. The van der Waals surface area contributed by atoms with E-state index in [0.717, 1.165) is 42.4 Å². The molecular formula is C28H47ClO3. The van der Waals surface area contributed by atoms with Crippen LogP contribution in [-0.2, 0) is 4.74 Å². The fourth-order valence-corrected chi connectivity index (χ4v) is 9.69. The molecule has 0 bridgehead atoms. The number of hydrogen-bond donors (Lipinski definition) is 1. The minimum atomic E-state index is -0.706. The van der Waals surface area contributed by atoms with E-state index in [1.165, 1.54) is 51.4 Å². The normalized spacial score (nSPS) is 46.8. The average molecular weight is 467 g/mol. The van der Waals surface area contributed by atoms with Crippen LogP contribution in [0.1, 0.15) is 105 Å². The van der Waals surface area contributed by atoms with Gasteiger partial charge in [-0.05, 0) is 91.8 Å². The Morgan fingerprint density at radius 2 is 1.78 bits per heavy atom. The Labute approximate surface area is 201 Å². The lowest BCUT2D eigenvalue weighted by Gasteiger charge is -2.62. The van der Waals surface area contributed by atoms with Gasteiger partial charge in [0.25, 0.3) is 0 Å². The summed E-state index contributed by atoms with van der Waals surface area (Å²) in [6.45, 7) is 12.2. The molecule has 4 saturated carbocycles. The standard InChI is InChI=1S/C28H47ClO3/c1-17(2)7-6-8-18(3)22-11-12-23-21-10-9-19-15-20(30)16-25(32-26(29)31)28(19,5)24(21)13-14-27(22,23)4/h17-25,30H,6-16H2,1-5H3/t18-,19-,20+,21-,22-,23+,24+,25?,27-,28+/m1/s1. The number of ether oxygens (including phenoxy) is 1. The number of aliphatic hydroxyl groups excluding tert-OH is 1. The number of halogens is 1. The molecule has 4 heteroatoms. The topological polar surface area (TPSA) is 46.5 Å². The molecule has 0 aliphatic heterocycles. The van der Waals surface area contributed by atoms with Gasteiger partial charge in [0.05, 0.1) is 6.10 Å². The van der Waals surface area contributed by atoms with E-state index in [1.807, 2.05) is 0 Å². The minimum Gasteiger partial charge on any atom is -0.450 e. The molecule has 0 radical (unpaired) electrons. The highest BCUT2D eigenvalue weighted by Gasteiger charge is 2.63. The Kier molecular flexibility index (Phi) is 7.30. The summed E-state index contributed by atoms with van der Waals surface area (Å²) in [6, 6.07) is 0. The maximum Gasteiger partial charge on any atom is 0.404 e. The van der Waals surface area contributed by atoms with Gasteiger partial charge >= 0.3 is 5.43 Å². The molecule has 4 aliphatic rings. The summed E-state index contributed by atoms with van der Waals surface area (Å²) in [5.41, 5.74) is -0.285. The molecule has 184 valence electrons. The summed E-state index contributed by atoms with van der Waals surface area (Å²) < 4.78 is 5.71. The maximum atomic E-state index is 11.7. The number of rotatable bonds is 6. The van der Waals surface area contributed by atoms with Crippen molar-refractivity contribution in [3.63, 3.8) is 0 Å². The highest BCUT2D eigenvalue weighted by Crippen LogP contribution is 2.68. The number of hydrogen-bond acceptors (Lipinski definition) is 3. The van der Waals surface area contributed by atoms with Crippen LogP contribution in [0.15, 0.2) is 0 Å². The molecule has 0 aromatic rings. The summed E-state index contributed by atoms with van der Waals surface area (Å²) in [6.07, 6.45) is 12.7. The molecule has 1 unspecified atom stereocenters. The van der Waals surface area contributed by atoms with E-state index in [9.17, 15) is 9.90 Å². The van der Waals surface area contributed by atoms with E-state index in [-0.39, 0.29) is 17.6 Å². The van der Waals surface area contributed by atoms with Gasteiger partial charge in [-0.15, -0.1) is 0 Å². The Hall–Kier alpha value is -0.280. The van der Waals surface area contributed by atoms with E-state index < -0.39 is 5.43 Å². The lowest BCUT2D eigenvalue weighted by atomic mass is 9.43. The van der Waals surface area contributed by atoms with Crippen molar-refractivity contribution < 1.29 is 14.6 Å². The van der Waals surface area contributed by atoms with Gasteiger partial charge in [-0.1, -0.05) is 53.9 Å². The van der Waals surface area contributed by atoms with Gasteiger partial charge in [0, 0.05) is 23.4 Å². The van der Waals surface area contributed by atoms with Gasteiger partial charge in [0.2, 0.25) is 0 Å². The molecule has 0 aromatic carbocycles.